The van der Waals surface area contributed by atoms with Crippen molar-refractivity contribution in [1.29, 1.82) is 0 Å². The number of anilines is 1. The van der Waals surface area contributed by atoms with E-state index in [0.29, 0.717) is 25.8 Å². The van der Waals surface area contributed by atoms with Gasteiger partial charge in [0.15, 0.2) is 0 Å². The van der Waals surface area contributed by atoms with Gasteiger partial charge < -0.3 is 15.1 Å². The molecule has 0 fully saturated rings. The van der Waals surface area contributed by atoms with Crippen LogP contribution in [0.25, 0.3) is 37.7 Å². The lowest BCUT2D eigenvalue weighted by molar-refractivity contribution is -0.138. The van der Waals surface area contributed by atoms with E-state index in [1.165, 1.54) is 52.5 Å². The maximum absolute atomic E-state index is 11.4. The molecule has 0 spiro atoms. The number of hydrogen-bond acceptors (Lipinski definition) is 5. The molecule has 0 radical (unpaired) electrons. The SMILES string of the molecule is CCC(/C=C1\Sc2ccc3ccccc3c2N1CCCC(=O)O)=C\c1sc2ccc3ccccc3c2c1CCCC(=O)O. The predicted octanol–water partition coefficient (Wildman–Crippen LogP) is 9.73. The summed E-state index contributed by atoms with van der Waals surface area (Å²) in [7, 11) is 0. The molecule has 1 aromatic heterocycles. The predicted molar refractivity (Wildman–Crippen MR) is 180 cm³/mol. The molecule has 0 atom stereocenters. The van der Waals surface area contributed by atoms with Crippen LogP contribution in [0.5, 0.6) is 0 Å². The van der Waals surface area contributed by atoms with E-state index in [2.05, 4.69) is 90.7 Å². The second-order valence-corrected chi connectivity index (χ2v) is 12.9. The number of hydrogen-bond donors (Lipinski definition) is 2. The number of allylic oxidation sites excluding steroid dienone is 2. The third-order valence-corrected chi connectivity index (χ3v) is 10.2. The zero-order chi connectivity index (χ0) is 29.9. The summed E-state index contributed by atoms with van der Waals surface area (Å²) in [5.74, 6) is -1.55. The molecule has 0 amide bonds. The van der Waals surface area contributed by atoms with Crippen LogP contribution in [0.3, 0.4) is 0 Å². The molecule has 0 unspecified atom stereocenters. The highest BCUT2D eigenvalue weighted by atomic mass is 32.2. The van der Waals surface area contributed by atoms with Gasteiger partial charge in [-0.1, -0.05) is 79.3 Å². The van der Waals surface area contributed by atoms with E-state index in [4.69, 9.17) is 0 Å². The number of fused-ring (bicyclic) bond motifs is 6. The Kier molecular flexibility index (Phi) is 8.54. The van der Waals surface area contributed by atoms with Crippen molar-refractivity contribution in [3.05, 3.63) is 99.9 Å². The lowest BCUT2D eigenvalue weighted by atomic mass is 9.98. The molecule has 5 aromatic rings. The van der Waals surface area contributed by atoms with Crippen LogP contribution in [0.4, 0.5) is 5.69 Å². The maximum atomic E-state index is 11.4. The number of thioether (sulfide) groups is 1. The summed E-state index contributed by atoms with van der Waals surface area (Å²) in [6.45, 7) is 2.78. The molecule has 5 nitrogen and oxygen atoms in total. The van der Waals surface area contributed by atoms with Crippen molar-refractivity contribution in [3.63, 3.8) is 0 Å². The van der Waals surface area contributed by atoms with Gasteiger partial charge in [-0.2, -0.15) is 0 Å². The van der Waals surface area contributed by atoms with E-state index >= 15 is 0 Å². The fraction of sp³-hybridized carbons (Fsp3) is 0.222. The number of carbonyl (C=O) groups is 2. The summed E-state index contributed by atoms with van der Waals surface area (Å²) in [4.78, 5) is 27.4. The molecular formula is C36H33NO4S2. The fourth-order valence-corrected chi connectivity index (χ4v) is 8.32. The largest absolute Gasteiger partial charge is 0.481 e. The molecule has 218 valence electrons. The summed E-state index contributed by atoms with van der Waals surface area (Å²) >= 11 is 3.50. The zero-order valence-corrected chi connectivity index (χ0v) is 25.6. The Balaban J connectivity index is 1.44. The summed E-state index contributed by atoms with van der Waals surface area (Å²) in [6.07, 6.45) is 7.47. The highest BCUT2D eigenvalue weighted by Crippen LogP contribution is 2.50. The normalized spacial score (nSPS) is 14.3. The summed E-state index contributed by atoms with van der Waals surface area (Å²) in [5, 5.41) is 25.7. The number of thiophene rings is 1. The summed E-state index contributed by atoms with van der Waals surface area (Å²) < 4.78 is 1.21. The third kappa shape index (κ3) is 6.05. The number of nitrogens with zero attached hydrogens (tertiary/aromatic N) is 1. The molecule has 1 aliphatic heterocycles. The molecule has 0 saturated carbocycles. The number of aryl methyl sites for hydroxylation is 1. The topological polar surface area (TPSA) is 77.8 Å². The van der Waals surface area contributed by atoms with Crippen molar-refractivity contribution < 1.29 is 19.8 Å². The Morgan fingerprint density at radius 1 is 0.837 bits per heavy atom. The van der Waals surface area contributed by atoms with Crippen LogP contribution in [-0.4, -0.2) is 28.7 Å². The fourth-order valence-electron chi connectivity index (χ4n) is 5.90. The molecule has 1 aliphatic rings. The molecule has 43 heavy (non-hydrogen) atoms. The van der Waals surface area contributed by atoms with Crippen LogP contribution in [0.1, 0.15) is 49.5 Å². The third-order valence-electron chi connectivity index (χ3n) is 7.95. The molecule has 0 saturated heterocycles. The second kappa shape index (κ2) is 12.7. The van der Waals surface area contributed by atoms with Crippen LogP contribution < -0.4 is 4.90 Å². The molecule has 4 aromatic carbocycles. The molecule has 0 aliphatic carbocycles. The van der Waals surface area contributed by atoms with Crippen molar-refractivity contribution in [2.75, 3.05) is 11.4 Å². The second-order valence-electron chi connectivity index (χ2n) is 10.8. The van der Waals surface area contributed by atoms with Gasteiger partial charge in [-0.05, 0) is 77.3 Å². The number of carboxylic acid groups (broad SMARTS) is 2. The average molecular weight is 608 g/mol. The number of carboxylic acids is 2. The lowest BCUT2D eigenvalue weighted by Crippen LogP contribution is -2.20. The van der Waals surface area contributed by atoms with Gasteiger partial charge in [0.2, 0.25) is 0 Å². The first kappa shape index (κ1) is 29.0. The van der Waals surface area contributed by atoms with Crippen LogP contribution in [0.2, 0.25) is 0 Å². The molecule has 6 rings (SSSR count). The Hall–Kier alpha value is -4.07. The Morgan fingerprint density at radius 2 is 1.51 bits per heavy atom. The Morgan fingerprint density at radius 3 is 2.26 bits per heavy atom. The summed E-state index contributed by atoms with van der Waals surface area (Å²) in [6, 6.07) is 25.4. The van der Waals surface area contributed by atoms with E-state index in [0.717, 1.165) is 17.1 Å². The minimum atomic E-state index is -0.780. The van der Waals surface area contributed by atoms with Crippen molar-refractivity contribution in [2.24, 2.45) is 0 Å². The first-order valence-electron chi connectivity index (χ1n) is 14.7. The van der Waals surface area contributed by atoms with Gasteiger partial charge in [-0.3, -0.25) is 9.59 Å². The smallest absolute Gasteiger partial charge is 0.303 e. The van der Waals surface area contributed by atoms with Gasteiger partial charge in [0.25, 0.3) is 0 Å². The zero-order valence-electron chi connectivity index (χ0n) is 24.0. The Labute approximate surface area is 259 Å². The van der Waals surface area contributed by atoms with E-state index < -0.39 is 11.9 Å². The van der Waals surface area contributed by atoms with Crippen molar-refractivity contribution in [3.8, 4) is 0 Å². The minimum absolute atomic E-state index is 0.125. The van der Waals surface area contributed by atoms with E-state index in [9.17, 15) is 19.8 Å². The quantitative estimate of drug-likeness (QED) is 0.156. The van der Waals surface area contributed by atoms with Gasteiger partial charge in [0.1, 0.15) is 0 Å². The van der Waals surface area contributed by atoms with Gasteiger partial charge >= 0.3 is 11.9 Å². The standard InChI is InChI=1S/C36H33NO4S2/c1-2-23(21-31-28(13-7-14-33(38)39)35-26-11-5-3-9-24(26)16-18-29(35)42-31)22-32-37(20-8-15-34(40)41)36-27-12-6-4-10-25(27)17-19-30(36)43-32/h3-6,9-12,16-19,21-22H,2,7-8,13-15,20H2,1H3,(H,38,39)(H,40,41)/b23-21+,32-22-. The highest BCUT2D eigenvalue weighted by molar-refractivity contribution is 8.03. The maximum Gasteiger partial charge on any atom is 0.303 e. The molecule has 2 N–H and O–H groups in total. The first-order valence-corrected chi connectivity index (χ1v) is 16.3. The monoisotopic (exact) mass is 607 g/mol. The molecular weight excluding hydrogens is 575 g/mol. The molecule has 2 heterocycles. The number of aliphatic carboxylic acids is 2. The van der Waals surface area contributed by atoms with Crippen LogP contribution in [0, 0.1) is 0 Å². The van der Waals surface area contributed by atoms with Crippen molar-refractivity contribution >= 4 is 78.4 Å². The Bertz CT molecular complexity index is 1920. The number of rotatable bonds is 11. The highest BCUT2D eigenvalue weighted by Gasteiger charge is 2.27. The van der Waals surface area contributed by atoms with Crippen molar-refractivity contribution in [2.45, 2.75) is 50.3 Å². The van der Waals surface area contributed by atoms with Gasteiger partial charge in [0, 0.05) is 44.6 Å². The number of benzene rings is 4. The molecule has 0 bridgehead atoms. The average Bonchev–Trinajstić information content (AvgIpc) is 3.54. The van der Waals surface area contributed by atoms with E-state index in [-0.39, 0.29) is 12.8 Å². The molecule has 7 heteroatoms. The minimum Gasteiger partial charge on any atom is -0.481 e. The van der Waals surface area contributed by atoms with E-state index in [1.807, 2.05) is 6.07 Å². The lowest BCUT2D eigenvalue weighted by Gasteiger charge is -2.22. The van der Waals surface area contributed by atoms with Crippen LogP contribution in [0.15, 0.2) is 94.4 Å². The van der Waals surface area contributed by atoms with Crippen LogP contribution >= 0.6 is 23.1 Å². The van der Waals surface area contributed by atoms with Gasteiger partial charge in [-0.25, -0.2) is 0 Å². The van der Waals surface area contributed by atoms with E-state index in [1.54, 1.807) is 23.1 Å². The first-order chi connectivity index (χ1) is 20.9. The summed E-state index contributed by atoms with van der Waals surface area (Å²) in [5.41, 5.74) is 3.55. The van der Waals surface area contributed by atoms with Gasteiger partial charge in [-0.15, -0.1) is 11.3 Å². The van der Waals surface area contributed by atoms with Gasteiger partial charge in [0.05, 0.1) is 10.7 Å². The van der Waals surface area contributed by atoms with Crippen molar-refractivity contribution in [1.82, 2.24) is 0 Å². The van der Waals surface area contributed by atoms with Crippen LogP contribution in [-0.2, 0) is 16.0 Å².